The van der Waals surface area contributed by atoms with Gasteiger partial charge in [0.25, 0.3) is 0 Å². The predicted octanol–water partition coefficient (Wildman–Crippen LogP) is 2.56. The van der Waals surface area contributed by atoms with Gasteiger partial charge in [-0.2, -0.15) is 0 Å². The Morgan fingerprint density at radius 1 is 1.62 bits per heavy atom. The fraction of sp³-hybridized carbons (Fsp3) is 0.600. The van der Waals surface area contributed by atoms with Gasteiger partial charge in [-0.25, -0.2) is 0 Å². The Balaban J connectivity index is 2.38. The van der Waals surface area contributed by atoms with Gasteiger partial charge >= 0.3 is 0 Å². The lowest BCUT2D eigenvalue weighted by Crippen LogP contribution is -2.15. The van der Waals surface area contributed by atoms with Crippen molar-refractivity contribution < 1.29 is 4.42 Å². The lowest BCUT2D eigenvalue weighted by Gasteiger charge is -2.10. The molecule has 0 saturated carbocycles. The molecule has 3 heteroatoms. The highest BCUT2D eigenvalue weighted by atomic mass is 32.2. The van der Waals surface area contributed by atoms with E-state index in [0.29, 0.717) is 5.25 Å². The molecule has 2 nitrogen and oxygen atoms in total. The number of aryl methyl sites for hydroxylation is 1. The molecule has 0 bridgehead atoms. The van der Waals surface area contributed by atoms with Gasteiger partial charge in [0.1, 0.15) is 5.76 Å². The van der Waals surface area contributed by atoms with E-state index in [-0.39, 0.29) is 0 Å². The van der Waals surface area contributed by atoms with Gasteiger partial charge in [-0.15, -0.1) is 11.8 Å². The van der Waals surface area contributed by atoms with Crippen LogP contribution in [0.1, 0.15) is 24.7 Å². The lowest BCUT2D eigenvalue weighted by molar-refractivity contribution is 0.527. The Bertz CT molecular complexity index is 243. The summed E-state index contributed by atoms with van der Waals surface area (Å²) in [7, 11) is 0. The Kier molecular flexibility index (Phi) is 4.39. The minimum absolute atomic E-state index is 0.560. The largest absolute Gasteiger partial charge is 0.468 e. The number of furan rings is 1. The number of hydrogen-bond donors (Lipinski definition) is 1. The molecule has 0 radical (unpaired) electrons. The Labute approximate surface area is 83.9 Å². The van der Waals surface area contributed by atoms with Crippen LogP contribution in [0.4, 0.5) is 0 Å². The molecule has 74 valence electrons. The molecule has 0 aromatic carbocycles. The monoisotopic (exact) mass is 199 g/mol. The number of nitrogens with two attached hydrogens (primary N) is 1. The molecular weight excluding hydrogens is 182 g/mol. The first-order chi connectivity index (χ1) is 6.27. The first-order valence-electron chi connectivity index (χ1n) is 4.62. The molecule has 0 aliphatic rings. The summed E-state index contributed by atoms with van der Waals surface area (Å²) in [4.78, 5) is 0. The zero-order chi connectivity index (χ0) is 9.68. The van der Waals surface area contributed by atoms with E-state index in [1.54, 1.807) is 6.26 Å². The van der Waals surface area contributed by atoms with Crippen molar-refractivity contribution in [2.75, 3.05) is 6.54 Å². The van der Waals surface area contributed by atoms with Gasteiger partial charge < -0.3 is 10.2 Å². The van der Waals surface area contributed by atoms with Crippen molar-refractivity contribution in [3.8, 4) is 0 Å². The second-order valence-corrected chi connectivity index (χ2v) is 4.39. The zero-order valence-electron chi connectivity index (χ0n) is 8.25. The average Bonchev–Trinajstić information content (AvgIpc) is 2.54. The van der Waals surface area contributed by atoms with Gasteiger partial charge in [0.2, 0.25) is 0 Å². The molecule has 1 aromatic heterocycles. The molecule has 1 atom stereocenters. The number of thioether (sulfide) groups is 1. The van der Waals surface area contributed by atoms with Crippen LogP contribution in [0.5, 0.6) is 0 Å². The van der Waals surface area contributed by atoms with Gasteiger partial charge in [0.15, 0.2) is 0 Å². The third-order valence-electron chi connectivity index (χ3n) is 2.14. The Hall–Kier alpha value is -0.410. The molecule has 0 spiro atoms. The van der Waals surface area contributed by atoms with Crippen LogP contribution in [0.3, 0.4) is 0 Å². The topological polar surface area (TPSA) is 39.2 Å². The van der Waals surface area contributed by atoms with Crippen LogP contribution < -0.4 is 5.73 Å². The molecule has 1 rings (SSSR count). The van der Waals surface area contributed by atoms with Crippen LogP contribution in [0.25, 0.3) is 0 Å². The van der Waals surface area contributed by atoms with E-state index in [1.807, 2.05) is 17.8 Å². The average molecular weight is 199 g/mol. The molecule has 0 saturated heterocycles. The van der Waals surface area contributed by atoms with E-state index in [1.165, 1.54) is 5.56 Å². The summed E-state index contributed by atoms with van der Waals surface area (Å²) in [5.74, 6) is 2.02. The molecule has 0 amide bonds. The van der Waals surface area contributed by atoms with Gasteiger partial charge in [-0.05, 0) is 25.0 Å². The maximum Gasteiger partial charge on any atom is 0.116 e. The van der Waals surface area contributed by atoms with Crippen molar-refractivity contribution in [3.63, 3.8) is 0 Å². The van der Waals surface area contributed by atoms with E-state index in [0.717, 1.165) is 24.5 Å². The molecule has 1 aromatic rings. The van der Waals surface area contributed by atoms with E-state index in [9.17, 15) is 0 Å². The van der Waals surface area contributed by atoms with E-state index >= 15 is 0 Å². The molecule has 2 N–H and O–H groups in total. The van der Waals surface area contributed by atoms with Gasteiger partial charge in [-0.1, -0.05) is 6.92 Å². The standard InChI is InChI=1S/C10H17NOS/c1-3-9(6-11)13-7-10-8(2)4-5-12-10/h4-5,9H,3,6-7,11H2,1-2H3. The zero-order valence-corrected chi connectivity index (χ0v) is 9.06. The van der Waals surface area contributed by atoms with Crippen LogP contribution in [-0.4, -0.2) is 11.8 Å². The molecule has 0 fully saturated rings. The van der Waals surface area contributed by atoms with Gasteiger partial charge in [-0.3, -0.25) is 0 Å². The highest BCUT2D eigenvalue weighted by Gasteiger charge is 2.07. The van der Waals surface area contributed by atoms with E-state index < -0.39 is 0 Å². The summed E-state index contributed by atoms with van der Waals surface area (Å²) >= 11 is 1.87. The summed E-state index contributed by atoms with van der Waals surface area (Å²) in [6.07, 6.45) is 2.87. The minimum atomic E-state index is 0.560. The van der Waals surface area contributed by atoms with Gasteiger partial charge in [0, 0.05) is 11.8 Å². The molecule has 0 aliphatic carbocycles. The third-order valence-corrected chi connectivity index (χ3v) is 3.56. The summed E-state index contributed by atoms with van der Waals surface area (Å²) < 4.78 is 5.34. The van der Waals surface area contributed by atoms with Gasteiger partial charge in [0.05, 0.1) is 12.0 Å². The fourth-order valence-corrected chi connectivity index (χ4v) is 2.15. The minimum Gasteiger partial charge on any atom is -0.468 e. The van der Waals surface area contributed by atoms with Crippen LogP contribution in [0, 0.1) is 6.92 Å². The maximum absolute atomic E-state index is 5.61. The summed E-state index contributed by atoms with van der Waals surface area (Å²) in [6, 6.07) is 2.00. The molecule has 13 heavy (non-hydrogen) atoms. The highest BCUT2D eigenvalue weighted by molar-refractivity contribution is 7.99. The second-order valence-electron chi connectivity index (χ2n) is 3.10. The van der Waals surface area contributed by atoms with Crippen molar-refractivity contribution >= 4 is 11.8 Å². The number of hydrogen-bond acceptors (Lipinski definition) is 3. The number of rotatable bonds is 5. The van der Waals surface area contributed by atoms with Crippen LogP contribution in [-0.2, 0) is 5.75 Å². The lowest BCUT2D eigenvalue weighted by atomic mass is 10.3. The molecular formula is C10H17NOS. The maximum atomic E-state index is 5.61. The van der Waals surface area contributed by atoms with E-state index in [2.05, 4.69) is 13.8 Å². The van der Waals surface area contributed by atoms with Crippen LogP contribution >= 0.6 is 11.8 Å². The SMILES string of the molecule is CCC(CN)SCc1occc1C. The first-order valence-corrected chi connectivity index (χ1v) is 5.67. The third kappa shape index (κ3) is 3.08. The van der Waals surface area contributed by atoms with Crippen molar-refractivity contribution in [1.29, 1.82) is 0 Å². The summed E-state index contributed by atoms with van der Waals surface area (Å²) in [5.41, 5.74) is 6.84. The Morgan fingerprint density at radius 2 is 2.38 bits per heavy atom. The van der Waals surface area contributed by atoms with Crippen molar-refractivity contribution in [3.05, 3.63) is 23.7 Å². The molecule has 1 heterocycles. The molecule has 1 unspecified atom stereocenters. The quantitative estimate of drug-likeness (QED) is 0.792. The smallest absolute Gasteiger partial charge is 0.116 e. The van der Waals surface area contributed by atoms with Crippen molar-refractivity contribution in [2.45, 2.75) is 31.3 Å². The fourth-order valence-electron chi connectivity index (χ4n) is 1.10. The normalized spacial score (nSPS) is 13.2. The summed E-state index contributed by atoms with van der Waals surface area (Å²) in [5, 5.41) is 0.560. The van der Waals surface area contributed by atoms with Crippen molar-refractivity contribution in [1.82, 2.24) is 0 Å². The van der Waals surface area contributed by atoms with Crippen LogP contribution in [0.15, 0.2) is 16.7 Å². The first kappa shape index (κ1) is 10.7. The Morgan fingerprint density at radius 3 is 2.85 bits per heavy atom. The predicted molar refractivity (Wildman–Crippen MR) is 57.9 cm³/mol. The summed E-state index contributed by atoms with van der Waals surface area (Å²) in [6.45, 7) is 4.99. The van der Waals surface area contributed by atoms with Crippen LogP contribution in [0.2, 0.25) is 0 Å². The highest BCUT2D eigenvalue weighted by Crippen LogP contribution is 2.21. The van der Waals surface area contributed by atoms with E-state index in [4.69, 9.17) is 10.2 Å². The molecule has 0 aliphatic heterocycles. The second kappa shape index (κ2) is 5.35. The van der Waals surface area contributed by atoms with Crippen molar-refractivity contribution in [2.24, 2.45) is 5.73 Å².